The maximum Gasteiger partial charge on any atom is 0.319 e. The molecule has 94 valence electrons. The number of hydrogen-bond acceptors (Lipinski definition) is 2. The molecule has 0 saturated heterocycles. The molecule has 0 amide bonds. The van der Waals surface area contributed by atoms with Gasteiger partial charge in [0.1, 0.15) is 5.25 Å². The van der Waals surface area contributed by atoms with Gasteiger partial charge in [0.15, 0.2) is 0 Å². The first-order valence-corrected chi connectivity index (χ1v) is 7.08. The first kappa shape index (κ1) is 13.9. The zero-order valence-electron chi connectivity index (χ0n) is 10.2. The van der Waals surface area contributed by atoms with E-state index in [4.69, 9.17) is 5.11 Å². The van der Waals surface area contributed by atoms with Gasteiger partial charge in [-0.15, -0.1) is 0 Å². The molecule has 2 unspecified atom stereocenters. The minimum Gasteiger partial charge on any atom is -0.480 e. The van der Waals surface area contributed by atoms with Crippen molar-refractivity contribution in [1.82, 2.24) is 0 Å². The lowest BCUT2D eigenvalue weighted by Crippen LogP contribution is -2.26. The molecular formula is C13H18O3S. The van der Waals surface area contributed by atoms with Crippen molar-refractivity contribution in [2.75, 3.05) is 0 Å². The zero-order chi connectivity index (χ0) is 12.8. The van der Waals surface area contributed by atoms with E-state index in [-0.39, 0.29) is 0 Å². The monoisotopic (exact) mass is 254 g/mol. The number of aliphatic carboxylic acids is 1. The molecule has 17 heavy (non-hydrogen) atoms. The summed E-state index contributed by atoms with van der Waals surface area (Å²) in [6, 6.07) is 7.70. The van der Waals surface area contributed by atoms with Gasteiger partial charge in [0.05, 0.1) is 0 Å². The van der Waals surface area contributed by atoms with Crippen molar-refractivity contribution in [2.45, 2.75) is 37.7 Å². The van der Waals surface area contributed by atoms with Crippen LogP contribution in [0.1, 0.15) is 30.9 Å². The highest BCUT2D eigenvalue weighted by Crippen LogP contribution is 2.13. The number of carboxylic acid groups (broad SMARTS) is 1. The quantitative estimate of drug-likeness (QED) is 0.848. The minimum atomic E-state index is -1.35. The molecule has 0 fully saturated rings. The molecule has 0 heterocycles. The summed E-state index contributed by atoms with van der Waals surface area (Å²) >= 11 is 0. The number of hydrogen-bond donors (Lipinski definition) is 1. The number of carbonyl (C=O) groups is 1. The Bertz CT molecular complexity index is 415. The van der Waals surface area contributed by atoms with Crippen LogP contribution in [0.25, 0.3) is 0 Å². The Balaban J connectivity index is 2.73. The first-order chi connectivity index (χ1) is 8.04. The van der Waals surface area contributed by atoms with Gasteiger partial charge in [0.2, 0.25) is 0 Å². The van der Waals surface area contributed by atoms with Crippen LogP contribution in [0.4, 0.5) is 0 Å². The van der Waals surface area contributed by atoms with Crippen LogP contribution in [-0.2, 0) is 21.3 Å². The molecule has 0 aromatic heterocycles. The average molecular weight is 254 g/mol. The summed E-state index contributed by atoms with van der Waals surface area (Å²) in [5.74, 6) is -0.642. The summed E-state index contributed by atoms with van der Waals surface area (Å²) in [6.07, 6.45) is 1.20. The van der Waals surface area contributed by atoms with Crippen molar-refractivity contribution in [1.29, 1.82) is 0 Å². The summed E-state index contributed by atoms with van der Waals surface area (Å²) in [5.41, 5.74) is 2.03. The van der Waals surface area contributed by atoms with Gasteiger partial charge in [-0.1, -0.05) is 43.2 Å². The second kappa shape index (κ2) is 6.55. The van der Waals surface area contributed by atoms with Crippen molar-refractivity contribution in [3.05, 3.63) is 35.4 Å². The summed E-state index contributed by atoms with van der Waals surface area (Å²) in [6.45, 7) is 3.87. The van der Waals surface area contributed by atoms with Crippen molar-refractivity contribution in [3.63, 3.8) is 0 Å². The fourth-order valence-electron chi connectivity index (χ4n) is 1.70. The molecule has 0 aliphatic rings. The molecule has 0 radical (unpaired) electrons. The molecule has 0 aliphatic carbocycles. The van der Waals surface area contributed by atoms with Crippen LogP contribution >= 0.6 is 0 Å². The van der Waals surface area contributed by atoms with E-state index in [9.17, 15) is 9.00 Å². The van der Waals surface area contributed by atoms with Gasteiger partial charge in [-0.25, -0.2) is 0 Å². The van der Waals surface area contributed by atoms with Crippen molar-refractivity contribution < 1.29 is 14.1 Å². The highest BCUT2D eigenvalue weighted by molar-refractivity contribution is 7.85. The van der Waals surface area contributed by atoms with Crippen LogP contribution in [0.3, 0.4) is 0 Å². The van der Waals surface area contributed by atoms with E-state index in [1.54, 1.807) is 0 Å². The van der Waals surface area contributed by atoms with Gasteiger partial charge in [-0.05, 0) is 18.9 Å². The predicted octanol–water partition coefficient (Wildman–Crippen LogP) is 2.50. The lowest BCUT2D eigenvalue weighted by molar-refractivity contribution is -0.136. The highest BCUT2D eigenvalue weighted by Gasteiger charge is 2.23. The molecule has 0 aliphatic heterocycles. The first-order valence-electron chi connectivity index (χ1n) is 5.70. The Morgan fingerprint density at radius 3 is 2.71 bits per heavy atom. The summed E-state index contributed by atoms with van der Waals surface area (Å²) in [5, 5.41) is 8.26. The van der Waals surface area contributed by atoms with Crippen LogP contribution in [0.15, 0.2) is 24.3 Å². The molecule has 1 rings (SSSR count). The van der Waals surface area contributed by atoms with Crippen molar-refractivity contribution in [3.8, 4) is 0 Å². The molecule has 0 spiro atoms. The molecule has 1 aromatic rings. The second-order valence-electron chi connectivity index (χ2n) is 4.13. The largest absolute Gasteiger partial charge is 0.480 e. The zero-order valence-corrected chi connectivity index (χ0v) is 11.0. The average Bonchev–Trinajstić information content (AvgIpc) is 2.25. The van der Waals surface area contributed by atoms with Crippen LogP contribution < -0.4 is 0 Å². The fraction of sp³-hybridized carbons (Fsp3) is 0.462. The third-order valence-corrected chi connectivity index (χ3v) is 4.22. The van der Waals surface area contributed by atoms with E-state index in [2.05, 4.69) is 0 Å². The molecule has 1 N–H and O–H groups in total. The van der Waals surface area contributed by atoms with E-state index in [0.717, 1.165) is 17.5 Å². The smallest absolute Gasteiger partial charge is 0.319 e. The molecule has 1 aromatic carbocycles. The number of aryl methyl sites for hydroxylation is 1. The Labute approximate surface area is 104 Å². The Morgan fingerprint density at radius 2 is 2.18 bits per heavy atom. The molecule has 3 nitrogen and oxygen atoms in total. The van der Waals surface area contributed by atoms with E-state index in [1.807, 2.05) is 38.1 Å². The van der Waals surface area contributed by atoms with Gasteiger partial charge in [0, 0.05) is 16.6 Å². The minimum absolute atomic E-state index is 0.318. The highest BCUT2D eigenvalue weighted by atomic mass is 32.2. The maximum atomic E-state index is 12.0. The Hall–Kier alpha value is -1.16. The van der Waals surface area contributed by atoms with Crippen LogP contribution in [0.5, 0.6) is 0 Å². The fourth-order valence-corrected chi connectivity index (χ4v) is 3.13. The summed E-state index contributed by atoms with van der Waals surface area (Å²) in [7, 11) is -1.35. The van der Waals surface area contributed by atoms with Crippen molar-refractivity contribution >= 4 is 16.8 Å². The van der Waals surface area contributed by atoms with E-state index >= 15 is 0 Å². The van der Waals surface area contributed by atoms with Gasteiger partial charge >= 0.3 is 5.97 Å². The third-order valence-electron chi connectivity index (χ3n) is 2.54. The normalized spacial score (nSPS) is 14.2. The Morgan fingerprint density at radius 1 is 1.47 bits per heavy atom. The molecular weight excluding hydrogens is 236 g/mol. The van der Waals surface area contributed by atoms with Gasteiger partial charge in [-0.3, -0.25) is 9.00 Å². The second-order valence-corrected chi connectivity index (χ2v) is 5.75. The molecule has 0 saturated carbocycles. The maximum absolute atomic E-state index is 12.0. The molecule has 0 bridgehead atoms. The van der Waals surface area contributed by atoms with E-state index in [1.165, 1.54) is 0 Å². The van der Waals surface area contributed by atoms with Crippen molar-refractivity contribution in [2.24, 2.45) is 0 Å². The van der Waals surface area contributed by atoms with E-state index < -0.39 is 22.0 Å². The lowest BCUT2D eigenvalue weighted by Gasteiger charge is -2.11. The standard InChI is InChI=1S/C13H18O3S/c1-3-5-12(13(14)15)17(16)9-11-7-4-6-10(2)8-11/h4,6-8,12H,3,5,9H2,1-2H3,(H,14,15). The number of carboxylic acids is 1. The van der Waals surface area contributed by atoms with E-state index in [0.29, 0.717) is 12.2 Å². The summed E-state index contributed by atoms with van der Waals surface area (Å²) in [4.78, 5) is 11.0. The SMILES string of the molecule is CCCC(C(=O)O)S(=O)Cc1cccc(C)c1. The third kappa shape index (κ3) is 4.30. The van der Waals surface area contributed by atoms with Crippen LogP contribution in [0, 0.1) is 6.92 Å². The lowest BCUT2D eigenvalue weighted by atomic mass is 10.2. The summed E-state index contributed by atoms with van der Waals surface area (Å²) < 4.78 is 12.0. The number of rotatable bonds is 6. The Kier molecular flexibility index (Phi) is 5.35. The van der Waals surface area contributed by atoms with Gasteiger partial charge < -0.3 is 5.11 Å². The van der Waals surface area contributed by atoms with Gasteiger partial charge in [-0.2, -0.15) is 0 Å². The topological polar surface area (TPSA) is 54.4 Å². The van der Waals surface area contributed by atoms with Gasteiger partial charge in [0.25, 0.3) is 0 Å². The molecule has 2 atom stereocenters. The van der Waals surface area contributed by atoms with Crippen LogP contribution in [-0.4, -0.2) is 20.5 Å². The molecule has 4 heteroatoms. The number of benzene rings is 1. The predicted molar refractivity (Wildman–Crippen MR) is 69.4 cm³/mol. The van der Waals surface area contributed by atoms with Crippen LogP contribution in [0.2, 0.25) is 0 Å².